The van der Waals surface area contributed by atoms with E-state index in [1.54, 1.807) is 12.1 Å². The van der Waals surface area contributed by atoms with Crippen molar-refractivity contribution in [3.05, 3.63) is 34.9 Å². The Balaban J connectivity index is 1.75. The molecule has 0 aliphatic carbocycles. The molecule has 0 saturated carbocycles. The third-order valence-electron chi connectivity index (χ3n) is 3.72. The van der Waals surface area contributed by atoms with Crippen LogP contribution in [0.5, 0.6) is 0 Å². The van der Waals surface area contributed by atoms with Gasteiger partial charge in [-0.05, 0) is 37.1 Å². The van der Waals surface area contributed by atoms with Gasteiger partial charge < -0.3 is 10.2 Å². The van der Waals surface area contributed by atoms with Crippen LogP contribution in [0, 0.1) is 5.92 Å². The van der Waals surface area contributed by atoms with Gasteiger partial charge in [-0.25, -0.2) is 0 Å². The average molecular weight is 251 g/mol. The van der Waals surface area contributed by atoms with E-state index in [1.807, 2.05) is 17.0 Å². The van der Waals surface area contributed by atoms with Crippen LogP contribution in [-0.4, -0.2) is 36.5 Å². The summed E-state index contributed by atoms with van der Waals surface area (Å²) >= 11 is 5.91. The Morgan fingerprint density at radius 3 is 3.06 bits per heavy atom. The van der Waals surface area contributed by atoms with Gasteiger partial charge in [-0.1, -0.05) is 17.7 Å². The molecule has 2 heterocycles. The van der Waals surface area contributed by atoms with Crippen LogP contribution >= 0.6 is 11.6 Å². The Labute approximate surface area is 106 Å². The van der Waals surface area contributed by atoms with Crippen molar-refractivity contribution in [2.24, 2.45) is 5.92 Å². The molecule has 2 aliphatic heterocycles. The van der Waals surface area contributed by atoms with Gasteiger partial charge in [0.2, 0.25) is 0 Å². The van der Waals surface area contributed by atoms with Crippen molar-refractivity contribution in [1.29, 1.82) is 0 Å². The molecule has 0 aromatic heterocycles. The van der Waals surface area contributed by atoms with Gasteiger partial charge in [0.25, 0.3) is 5.91 Å². The minimum absolute atomic E-state index is 0.101. The van der Waals surface area contributed by atoms with Crippen LogP contribution in [0.1, 0.15) is 16.8 Å². The van der Waals surface area contributed by atoms with E-state index in [0.29, 0.717) is 22.5 Å². The molecule has 0 bridgehead atoms. The fourth-order valence-corrected chi connectivity index (χ4v) is 3.01. The molecule has 1 aromatic rings. The van der Waals surface area contributed by atoms with Crippen molar-refractivity contribution >= 4 is 17.5 Å². The predicted octanol–water partition coefficient (Wildman–Crippen LogP) is 1.77. The Bertz CT molecular complexity index is 437. The molecule has 2 fully saturated rings. The van der Waals surface area contributed by atoms with Gasteiger partial charge in [0.05, 0.1) is 0 Å². The molecular formula is C13H15ClN2O. The SMILES string of the molecule is O=C(c1cccc(Cl)c1)N1C[C@H]2CCN[C@H]2C1. The average Bonchev–Trinajstić information content (AvgIpc) is 2.88. The zero-order valence-electron chi connectivity index (χ0n) is 9.53. The molecule has 1 aromatic carbocycles. The standard InChI is InChI=1S/C13H15ClN2O/c14-11-3-1-2-9(6-11)13(17)16-7-10-4-5-15-12(10)8-16/h1-3,6,10,12,15H,4-5,7-8H2/t10-,12+/m1/s1. The van der Waals surface area contributed by atoms with Crippen LogP contribution < -0.4 is 5.32 Å². The van der Waals surface area contributed by atoms with E-state index in [-0.39, 0.29) is 5.91 Å². The summed E-state index contributed by atoms with van der Waals surface area (Å²) in [5.74, 6) is 0.738. The van der Waals surface area contributed by atoms with Crippen molar-refractivity contribution in [1.82, 2.24) is 10.2 Å². The zero-order valence-corrected chi connectivity index (χ0v) is 10.3. The normalized spacial score (nSPS) is 27.2. The Morgan fingerprint density at radius 2 is 2.29 bits per heavy atom. The van der Waals surface area contributed by atoms with Crippen LogP contribution in [0.4, 0.5) is 0 Å². The number of carbonyl (C=O) groups is 1. The van der Waals surface area contributed by atoms with E-state index in [0.717, 1.165) is 19.6 Å². The molecule has 0 radical (unpaired) electrons. The van der Waals surface area contributed by atoms with Crippen molar-refractivity contribution < 1.29 is 4.79 Å². The van der Waals surface area contributed by atoms with E-state index >= 15 is 0 Å². The maximum Gasteiger partial charge on any atom is 0.253 e. The van der Waals surface area contributed by atoms with Crippen molar-refractivity contribution in [3.8, 4) is 0 Å². The fourth-order valence-electron chi connectivity index (χ4n) is 2.82. The number of fused-ring (bicyclic) bond motifs is 1. The summed E-state index contributed by atoms with van der Waals surface area (Å²) < 4.78 is 0. The van der Waals surface area contributed by atoms with Crippen LogP contribution in [-0.2, 0) is 0 Å². The summed E-state index contributed by atoms with van der Waals surface area (Å²) in [5.41, 5.74) is 0.692. The van der Waals surface area contributed by atoms with Gasteiger partial charge in [0, 0.05) is 29.7 Å². The quantitative estimate of drug-likeness (QED) is 0.824. The third kappa shape index (κ3) is 2.05. The van der Waals surface area contributed by atoms with Gasteiger partial charge in [-0.3, -0.25) is 4.79 Å². The Hall–Kier alpha value is -1.06. The summed E-state index contributed by atoms with van der Waals surface area (Å²) in [6.45, 7) is 2.80. The van der Waals surface area contributed by atoms with Gasteiger partial charge in [0.15, 0.2) is 0 Å². The minimum atomic E-state index is 0.101. The zero-order chi connectivity index (χ0) is 11.8. The fraction of sp³-hybridized carbons (Fsp3) is 0.462. The van der Waals surface area contributed by atoms with E-state index in [2.05, 4.69) is 5.32 Å². The molecule has 1 N–H and O–H groups in total. The number of carbonyl (C=O) groups excluding carboxylic acids is 1. The predicted molar refractivity (Wildman–Crippen MR) is 67.3 cm³/mol. The number of hydrogen-bond acceptors (Lipinski definition) is 2. The maximum absolute atomic E-state index is 12.3. The van der Waals surface area contributed by atoms with Crippen LogP contribution in [0.2, 0.25) is 5.02 Å². The monoisotopic (exact) mass is 250 g/mol. The first-order valence-corrected chi connectivity index (χ1v) is 6.40. The molecule has 3 nitrogen and oxygen atoms in total. The molecule has 17 heavy (non-hydrogen) atoms. The number of nitrogens with one attached hydrogen (secondary N) is 1. The number of nitrogens with zero attached hydrogens (tertiary/aromatic N) is 1. The van der Waals surface area contributed by atoms with E-state index in [1.165, 1.54) is 6.42 Å². The Morgan fingerprint density at radius 1 is 1.41 bits per heavy atom. The Kier molecular flexibility index (Phi) is 2.81. The molecule has 2 saturated heterocycles. The van der Waals surface area contributed by atoms with E-state index in [9.17, 15) is 4.79 Å². The van der Waals surface area contributed by atoms with Crippen molar-refractivity contribution in [2.75, 3.05) is 19.6 Å². The van der Waals surface area contributed by atoms with E-state index in [4.69, 9.17) is 11.6 Å². The second kappa shape index (κ2) is 4.31. The molecule has 2 atom stereocenters. The highest BCUT2D eigenvalue weighted by atomic mass is 35.5. The number of benzene rings is 1. The number of halogens is 1. The summed E-state index contributed by atoms with van der Waals surface area (Å²) in [4.78, 5) is 14.2. The lowest BCUT2D eigenvalue weighted by Gasteiger charge is -2.17. The molecule has 90 valence electrons. The number of rotatable bonds is 1. The van der Waals surface area contributed by atoms with Crippen LogP contribution in [0.3, 0.4) is 0 Å². The lowest BCUT2D eigenvalue weighted by atomic mass is 10.1. The summed E-state index contributed by atoms with van der Waals surface area (Å²) in [7, 11) is 0. The van der Waals surface area contributed by atoms with Gasteiger partial charge >= 0.3 is 0 Å². The van der Waals surface area contributed by atoms with Gasteiger partial charge in [-0.2, -0.15) is 0 Å². The highest BCUT2D eigenvalue weighted by Gasteiger charge is 2.38. The molecule has 2 aliphatic rings. The lowest BCUT2D eigenvalue weighted by Crippen LogP contribution is -2.33. The van der Waals surface area contributed by atoms with Crippen LogP contribution in [0.25, 0.3) is 0 Å². The molecular weight excluding hydrogens is 236 g/mol. The molecule has 0 spiro atoms. The van der Waals surface area contributed by atoms with Crippen LogP contribution in [0.15, 0.2) is 24.3 Å². The first-order valence-electron chi connectivity index (χ1n) is 6.02. The number of likely N-dealkylation sites (tertiary alicyclic amines) is 1. The first-order chi connectivity index (χ1) is 8.24. The first kappa shape index (κ1) is 11.1. The molecule has 1 amide bonds. The lowest BCUT2D eigenvalue weighted by molar-refractivity contribution is 0.0782. The molecule has 4 heteroatoms. The second-order valence-electron chi connectivity index (χ2n) is 4.83. The minimum Gasteiger partial charge on any atom is -0.337 e. The highest BCUT2D eigenvalue weighted by molar-refractivity contribution is 6.30. The van der Waals surface area contributed by atoms with Crippen molar-refractivity contribution in [3.63, 3.8) is 0 Å². The van der Waals surface area contributed by atoms with E-state index < -0.39 is 0 Å². The van der Waals surface area contributed by atoms with Gasteiger partial charge in [-0.15, -0.1) is 0 Å². The number of hydrogen-bond donors (Lipinski definition) is 1. The summed E-state index contributed by atoms with van der Waals surface area (Å²) in [6.07, 6.45) is 1.18. The number of amides is 1. The maximum atomic E-state index is 12.3. The highest BCUT2D eigenvalue weighted by Crippen LogP contribution is 2.26. The summed E-state index contributed by atoms with van der Waals surface area (Å²) in [6, 6.07) is 7.68. The van der Waals surface area contributed by atoms with Gasteiger partial charge in [0.1, 0.15) is 0 Å². The summed E-state index contributed by atoms with van der Waals surface area (Å²) in [5, 5.41) is 4.07. The largest absolute Gasteiger partial charge is 0.337 e. The second-order valence-corrected chi connectivity index (χ2v) is 5.27. The van der Waals surface area contributed by atoms with Crippen molar-refractivity contribution in [2.45, 2.75) is 12.5 Å². The third-order valence-corrected chi connectivity index (χ3v) is 3.96. The topological polar surface area (TPSA) is 32.3 Å². The molecule has 3 rings (SSSR count). The smallest absolute Gasteiger partial charge is 0.253 e. The molecule has 0 unspecified atom stereocenters.